The number of H-pyrrole nitrogens is 2. The predicted molar refractivity (Wildman–Crippen MR) is 258 cm³/mol. The van der Waals surface area contributed by atoms with Crippen molar-refractivity contribution >= 4 is 57.6 Å². The molecule has 0 radical (unpaired) electrons. The fourth-order valence-electron chi connectivity index (χ4n) is 10.8. The summed E-state index contributed by atoms with van der Waals surface area (Å²) in [6.45, 7) is 8.89. The Morgan fingerprint density at radius 3 is 2.04 bits per heavy atom. The molecule has 1 saturated carbocycles. The van der Waals surface area contributed by atoms with Gasteiger partial charge in [-0.3, -0.25) is 9.59 Å². The summed E-state index contributed by atoms with van der Waals surface area (Å²) in [5.74, 6) is -1.99. The highest BCUT2D eigenvalue weighted by Crippen LogP contribution is 2.64. The van der Waals surface area contributed by atoms with E-state index in [9.17, 15) is 19.2 Å². The number of hydrogen-bond acceptors (Lipinski definition) is 8. The van der Waals surface area contributed by atoms with Crippen LogP contribution in [0.1, 0.15) is 114 Å². The van der Waals surface area contributed by atoms with Gasteiger partial charge in [-0.1, -0.05) is 80.1 Å². The molecule has 4 amide bonds. The monoisotopic (exact) mass is 1030 g/mol. The van der Waals surface area contributed by atoms with Gasteiger partial charge in [-0.2, -0.15) is 0 Å². The number of aromatic amines is 2. The minimum absolute atomic E-state index is 0.103. The van der Waals surface area contributed by atoms with Gasteiger partial charge < -0.3 is 39.9 Å². The number of aromatic nitrogens is 4. The molecule has 3 aromatic carbocycles. The van der Waals surface area contributed by atoms with Crippen LogP contribution >= 0.6 is 22.6 Å². The maximum atomic E-state index is 15.2. The van der Waals surface area contributed by atoms with Crippen LogP contribution in [-0.2, 0) is 24.5 Å². The van der Waals surface area contributed by atoms with Crippen molar-refractivity contribution in [2.75, 3.05) is 27.3 Å². The van der Waals surface area contributed by atoms with Gasteiger partial charge in [-0.05, 0) is 108 Å². The number of ether oxygens (including phenoxy) is 2. The molecule has 0 unspecified atom stereocenters. The molecule has 4 N–H and O–H groups in total. The number of rotatable bonds is 12. The minimum Gasteiger partial charge on any atom is -0.453 e. The molecule has 14 nitrogen and oxygen atoms in total. The summed E-state index contributed by atoms with van der Waals surface area (Å²) >= 11 is 2.22. The average molecular weight is 1030 g/mol. The molecule has 3 fully saturated rings. The Balaban J connectivity index is 0.978. The molecule has 0 bridgehead atoms. The summed E-state index contributed by atoms with van der Waals surface area (Å²) in [6, 6.07) is 15.9. The van der Waals surface area contributed by atoms with Crippen molar-refractivity contribution in [1.82, 2.24) is 40.4 Å². The third kappa shape index (κ3) is 8.32. The minimum atomic E-state index is -2.82. The van der Waals surface area contributed by atoms with Gasteiger partial charge in [-0.15, -0.1) is 0 Å². The number of fused-ring (bicyclic) bond motifs is 6. The van der Waals surface area contributed by atoms with E-state index in [0.717, 1.165) is 74.9 Å². The first-order chi connectivity index (χ1) is 32.0. The van der Waals surface area contributed by atoms with Crippen LogP contribution in [0.25, 0.3) is 44.5 Å². The molecule has 5 aromatic rings. The highest BCUT2D eigenvalue weighted by molar-refractivity contribution is 14.1. The summed E-state index contributed by atoms with van der Waals surface area (Å²) in [4.78, 5) is 72.8. The molecule has 2 saturated heterocycles. The molecule has 9 rings (SSSR count). The van der Waals surface area contributed by atoms with Crippen LogP contribution in [0, 0.1) is 5.92 Å². The fraction of sp³-hybridized carbons (Fsp3) is 0.480. The van der Waals surface area contributed by atoms with Crippen LogP contribution < -0.4 is 10.6 Å². The molecule has 6 atom stereocenters. The number of nitrogens with zero attached hydrogens (tertiary/aromatic N) is 4. The second kappa shape index (κ2) is 17.8. The Morgan fingerprint density at radius 2 is 1.42 bits per heavy atom. The number of nitrogens with one attached hydrogen (secondary N) is 4. The van der Waals surface area contributed by atoms with E-state index in [0.29, 0.717) is 44.0 Å². The lowest BCUT2D eigenvalue weighted by Gasteiger charge is -2.46. The summed E-state index contributed by atoms with van der Waals surface area (Å²) in [5, 5.41) is 5.52. The maximum Gasteiger partial charge on any atom is 0.407 e. The number of likely N-dealkylation sites (tertiary alicyclic amines) is 2. The number of methoxy groups -OCH3 is 2. The Hall–Kier alpha value is -5.59. The SMILES string of the molecule is CC[C@H](C)[C@H](NC(=O)OC)C(=O)N1CCC[C@H]1c1nc2ccc(-c3ccc4c(c3)C3(CC(F)(F)C3)c3cc(-c5cnc([C@@H]6CCCN6C(=O)[C@@H](NC(=O)OC)[C@@](C)(I)CC)[nH]5)ccc3-4)cc2[nH]1. The summed E-state index contributed by atoms with van der Waals surface area (Å²) < 4.78 is 39.6. The lowest BCUT2D eigenvalue weighted by Crippen LogP contribution is -2.57. The molecular weight excluding hydrogens is 973 g/mol. The van der Waals surface area contributed by atoms with Crippen LogP contribution in [0.15, 0.2) is 60.8 Å². The maximum absolute atomic E-state index is 15.2. The van der Waals surface area contributed by atoms with Crippen molar-refractivity contribution in [3.63, 3.8) is 0 Å². The third-order valence-corrected chi connectivity index (χ3v) is 16.2. The lowest BCUT2D eigenvalue weighted by molar-refractivity contribution is -0.136. The number of carbonyl (C=O) groups excluding carboxylic acids is 4. The largest absolute Gasteiger partial charge is 0.453 e. The number of amides is 4. The van der Waals surface area contributed by atoms with Crippen molar-refractivity contribution in [3.05, 3.63) is 83.6 Å². The van der Waals surface area contributed by atoms with Crippen molar-refractivity contribution in [2.45, 2.75) is 118 Å². The standard InChI is InChI=1S/C50H57F2IN8O6/c1-7-27(3)40(58-46(64)66-5)44(62)60-19-10-12-39(60)43-55-35-18-15-29(23-36(35)56-43)28-13-16-31-32-17-14-30(22-34(32)49(33(31)21-28)25-50(51,52)26-49)37-24-54-42(57-37)38-11-9-20-61(38)45(63)41(48(4,53)8-2)59-47(65)67-6/h13-18,21-24,27,38-41H,7-12,19-20,25-26H2,1-6H3,(H,54,57)(H,55,56)(H,58,64)(H,59,65)/t27-,38-,39-,40-,41+,48-/m0/s1. The summed E-state index contributed by atoms with van der Waals surface area (Å²) in [7, 11) is 2.56. The highest BCUT2D eigenvalue weighted by atomic mass is 127. The van der Waals surface area contributed by atoms with Gasteiger partial charge in [0.15, 0.2) is 0 Å². The lowest BCUT2D eigenvalue weighted by atomic mass is 9.60. The number of carbonyl (C=O) groups is 4. The Morgan fingerprint density at radius 1 is 0.836 bits per heavy atom. The molecule has 2 aliphatic heterocycles. The van der Waals surface area contributed by atoms with Crippen molar-refractivity contribution in [1.29, 1.82) is 0 Å². The van der Waals surface area contributed by atoms with E-state index in [1.165, 1.54) is 14.2 Å². The van der Waals surface area contributed by atoms with Crippen LogP contribution in [0.2, 0.25) is 0 Å². The molecule has 2 aliphatic carbocycles. The zero-order chi connectivity index (χ0) is 47.6. The topological polar surface area (TPSA) is 175 Å². The van der Waals surface area contributed by atoms with E-state index in [-0.39, 0.29) is 42.7 Å². The van der Waals surface area contributed by atoms with Gasteiger partial charge in [0.05, 0.1) is 49.2 Å². The van der Waals surface area contributed by atoms with E-state index >= 15 is 8.78 Å². The zero-order valence-electron chi connectivity index (χ0n) is 38.6. The molecule has 4 heterocycles. The first-order valence-electron chi connectivity index (χ1n) is 23.2. The quantitative estimate of drug-likeness (QED) is 0.0706. The number of halogens is 3. The van der Waals surface area contributed by atoms with E-state index in [4.69, 9.17) is 19.4 Å². The highest BCUT2D eigenvalue weighted by Gasteiger charge is 2.61. The van der Waals surface area contributed by atoms with Crippen molar-refractivity contribution < 1.29 is 37.4 Å². The second-order valence-corrected chi connectivity index (χ2v) is 21.4. The van der Waals surface area contributed by atoms with Crippen molar-refractivity contribution in [2.24, 2.45) is 5.92 Å². The number of alkyl halides is 3. The number of benzene rings is 3. The van der Waals surface area contributed by atoms with Crippen LogP contribution in [0.3, 0.4) is 0 Å². The van der Waals surface area contributed by atoms with Gasteiger partial charge in [-0.25, -0.2) is 28.3 Å². The fourth-order valence-corrected chi connectivity index (χ4v) is 11.2. The number of hydrogen-bond donors (Lipinski definition) is 4. The van der Waals surface area contributed by atoms with Gasteiger partial charge in [0.1, 0.15) is 23.7 Å². The Kier molecular flexibility index (Phi) is 12.4. The van der Waals surface area contributed by atoms with Gasteiger partial charge >= 0.3 is 12.2 Å². The van der Waals surface area contributed by atoms with Crippen molar-refractivity contribution in [3.8, 4) is 33.5 Å². The Labute approximate surface area is 401 Å². The van der Waals surface area contributed by atoms with E-state index < -0.39 is 39.0 Å². The van der Waals surface area contributed by atoms with Crippen LogP contribution in [0.5, 0.6) is 0 Å². The van der Waals surface area contributed by atoms with E-state index in [1.807, 2.05) is 76.2 Å². The molecular formula is C50H57F2IN8O6. The first-order valence-corrected chi connectivity index (χ1v) is 24.3. The smallest absolute Gasteiger partial charge is 0.407 e. The molecule has 2 aromatic heterocycles. The second-order valence-electron chi connectivity index (χ2n) is 18.9. The molecule has 17 heteroatoms. The molecule has 1 spiro atoms. The summed E-state index contributed by atoms with van der Waals surface area (Å²) in [5.41, 5.74) is 7.57. The first kappa shape index (κ1) is 46.5. The number of alkyl carbamates (subject to hydrolysis) is 2. The third-order valence-electron chi connectivity index (χ3n) is 14.8. The normalized spacial score (nSPS) is 21.2. The molecule has 67 heavy (non-hydrogen) atoms. The van der Waals surface area contributed by atoms with Crippen LogP contribution in [-0.4, -0.2) is 102 Å². The average Bonchev–Trinajstić information content (AvgIpc) is 4.18. The number of imidazole rings is 2. The van der Waals surface area contributed by atoms with Crippen LogP contribution in [0.4, 0.5) is 18.4 Å². The zero-order valence-corrected chi connectivity index (χ0v) is 40.8. The summed E-state index contributed by atoms with van der Waals surface area (Å²) in [6.07, 6.45) is 4.14. The predicted octanol–water partition coefficient (Wildman–Crippen LogP) is 9.74. The Bertz CT molecular complexity index is 2750. The molecule has 4 aliphatic rings. The van der Waals surface area contributed by atoms with Gasteiger partial charge in [0, 0.05) is 34.8 Å². The molecule has 354 valence electrons. The van der Waals surface area contributed by atoms with E-state index in [2.05, 4.69) is 49.3 Å². The van der Waals surface area contributed by atoms with E-state index in [1.54, 1.807) is 16.0 Å². The van der Waals surface area contributed by atoms with Gasteiger partial charge in [0.25, 0.3) is 5.92 Å². The van der Waals surface area contributed by atoms with Gasteiger partial charge in [0.2, 0.25) is 11.8 Å².